The van der Waals surface area contributed by atoms with E-state index in [9.17, 15) is 0 Å². The zero-order valence-electron chi connectivity index (χ0n) is 12.8. The van der Waals surface area contributed by atoms with Crippen LogP contribution >= 0.6 is 35.3 Å². The molecule has 0 bridgehead atoms. The summed E-state index contributed by atoms with van der Waals surface area (Å²) in [4.78, 5) is 11.3. The van der Waals surface area contributed by atoms with Crippen molar-refractivity contribution in [2.24, 2.45) is 10.7 Å². The quantitative estimate of drug-likeness (QED) is 0.418. The predicted molar refractivity (Wildman–Crippen MR) is 101 cm³/mol. The van der Waals surface area contributed by atoms with E-state index >= 15 is 0 Å². The molecule has 1 aliphatic rings. The molecule has 0 aromatic carbocycles. The van der Waals surface area contributed by atoms with Crippen LogP contribution in [0.15, 0.2) is 10.4 Å². The molecule has 1 saturated heterocycles. The second-order valence-corrected chi connectivity index (χ2v) is 6.04. The summed E-state index contributed by atoms with van der Waals surface area (Å²) in [6.45, 7) is 8.10. The Morgan fingerprint density at radius 1 is 1.57 bits per heavy atom. The van der Waals surface area contributed by atoms with Gasteiger partial charge in [0.15, 0.2) is 5.96 Å². The second-order valence-electron chi connectivity index (χ2n) is 5.09. The van der Waals surface area contributed by atoms with E-state index in [1.54, 1.807) is 11.3 Å². The number of aryl methyl sites for hydroxylation is 1. The number of halogens is 1. The highest BCUT2D eigenvalue weighted by molar-refractivity contribution is 14.0. The van der Waals surface area contributed by atoms with Crippen LogP contribution in [0.5, 0.6) is 0 Å². The molecule has 0 spiro atoms. The number of nitrogens with one attached hydrogen (secondary N) is 1. The summed E-state index contributed by atoms with van der Waals surface area (Å²) in [6.07, 6.45) is 3.52. The molecule has 1 atom stereocenters. The monoisotopic (exact) mass is 423 g/mol. The van der Waals surface area contributed by atoms with Crippen molar-refractivity contribution in [3.05, 3.63) is 16.1 Å². The van der Waals surface area contributed by atoms with Crippen molar-refractivity contribution in [1.82, 2.24) is 15.2 Å². The molecule has 5 nitrogen and oxygen atoms in total. The smallest absolute Gasteiger partial charge is 0.189 e. The Kier molecular flexibility index (Phi) is 8.50. The molecule has 1 aromatic heterocycles. The molecule has 0 radical (unpaired) electrons. The van der Waals surface area contributed by atoms with Gasteiger partial charge in [0.2, 0.25) is 0 Å². The molecule has 120 valence electrons. The van der Waals surface area contributed by atoms with E-state index in [1.807, 2.05) is 0 Å². The molecule has 0 amide bonds. The lowest BCUT2D eigenvalue weighted by Gasteiger charge is -2.23. The summed E-state index contributed by atoms with van der Waals surface area (Å²) in [6, 6.07) is 0.597. The molecule has 1 aromatic rings. The third-order valence-corrected chi connectivity index (χ3v) is 4.78. The van der Waals surface area contributed by atoms with Gasteiger partial charge in [0.1, 0.15) is 0 Å². The Balaban J connectivity index is 0.00000220. The van der Waals surface area contributed by atoms with Crippen molar-refractivity contribution in [3.63, 3.8) is 0 Å². The minimum Gasteiger partial charge on any atom is -0.370 e. The van der Waals surface area contributed by atoms with Gasteiger partial charge in [0, 0.05) is 18.0 Å². The summed E-state index contributed by atoms with van der Waals surface area (Å²) in [5.41, 5.74) is 6.93. The molecule has 1 unspecified atom stereocenters. The topological polar surface area (TPSA) is 66.5 Å². The number of aliphatic imine (C=N–C) groups is 1. The van der Waals surface area contributed by atoms with Crippen LogP contribution in [-0.4, -0.2) is 41.5 Å². The molecule has 1 fully saturated rings. The van der Waals surface area contributed by atoms with Crippen molar-refractivity contribution >= 4 is 41.3 Å². The number of aromatic nitrogens is 1. The average Bonchev–Trinajstić information content (AvgIpc) is 3.11. The first kappa shape index (κ1) is 18.6. The van der Waals surface area contributed by atoms with E-state index < -0.39 is 0 Å². The Morgan fingerprint density at radius 2 is 2.38 bits per heavy atom. The largest absolute Gasteiger partial charge is 0.370 e. The van der Waals surface area contributed by atoms with Crippen LogP contribution in [0.25, 0.3) is 0 Å². The first-order valence-corrected chi connectivity index (χ1v) is 8.32. The van der Waals surface area contributed by atoms with Crippen molar-refractivity contribution in [3.8, 4) is 0 Å². The summed E-state index contributed by atoms with van der Waals surface area (Å²) in [5.74, 6) is 0.527. The number of hydrogen-bond acceptors (Lipinski definition) is 4. The number of nitrogens with zero attached hydrogens (tertiary/aromatic N) is 3. The molecule has 2 heterocycles. The minimum absolute atomic E-state index is 0. The third kappa shape index (κ3) is 5.71. The van der Waals surface area contributed by atoms with Crippen LogP contribution in [0, 0.1) is 0 Å². The highest BCUT2D eigenvalue weighted by atomic mass is 127. The van der Waals surface area contributed by atoms with E-state index in [1.165, 1.54) is 19.4 Å². The van der Waals surface area contributed by atoms with Crippen molar-refractivity contribution in [2.75, 3.05) is 19.6 Å². The van der Waals surface area contributed by atoms with Gasteiger partial charge in [-0.2, -0.15) is 0 Å². The van der Waals surface area contributed by atoms with Gasteiger partial charge in [-0.15, -0.1) is 35.3 Å². The molecular formula is C14H26IN5S. The molecule has 2 rings (SSSR count). The Morgan fingerprint density at radius 3 is 3.05 bits per heavy atom. The molecule has 0 saturated carbocycles. The molecule has 7 heteroatoms. The lowest BCUT2D eigenvalue weighted by Crippen LogP contribution is -2.42. The number of nitrogens with two attached hydrogens (primary N) is 1. The maximum absolute atomic E-state index is 5.92. The fraction of sp³-hybridized carbons (Fsp3) is 0.714. The van der Waals surface area contributed by atoms with Gasteiger partial charge in [-0.3, -0.25) is 4.90 Å². The van der Waals surface area contributed by atoms with Crippen molar-refractivity contribution in [2.45, 2.75) is 45.7 Å². The van der Waals surface area contributed by atoms with E-state index in [2.05, 4.69) is 39.4 Å². The third-order valence-electron chi connectivity index (χ3n) is 3.74. The van der Waals surface area contributed by atoms with Gasteiger partial charge in [-0.05, 0) is 32.4 Å². The highest BCUT2D eigenvalue weighted by Gasteiger charge is 2.22. The van der Waals surface area contributed by atoms with Crippen LogP contribution in [0.2, 0.25) is 0 Å². The van der Waals surface area contributed by atoms with Gasteiger partial charge >= 0.3 is 0 Å². The fourth-order valence-corrected chi connectivity index (χ4v) is 3.31. The van der Waals surface area contributed by atoms with E-state index in [-0.39, 0.29) is 24.0 Å². The van der Waals surface area contributed by atoms with E-state index in [4.69, 9.17) is 5.73 Å². The first-order valence-electron chi connectivity index (χ1n) is 7.44. The van der Waals surface area contributed by atoms with E-state index in [0.29, 0.717) is 18.5 Å². The lowest BCUT2D eigenvalue weighted by molar-refractivity contribution is 0.267. The predicted octanol–water partition coefficient (Wildman–Crippen LogP) is 2.21. The normalized spacial score (nSPS) is 19.5. The zero-order chi connectivity index (χ0) is 14.4. The van der Waals surface area contributed by atoms with Gasteiger partial charge < -0.3 is 11.1 Å². The Labute approximate surface area is 148 Å². The molecule has 21 heavy (non-hydrogen) atoms. The Hall–Kier alpha value is -0.410. The lowest BCUT2D eigenvalue weighted by atomic mass is 10.2. The van der Waals surface area contributed by atoms with Crippen LogP contribution in [-0.2, 0) is 13.0 Å². The number of hydrogen-bond donors (Lipinski definition) is 2. The van der Waals surface area contributed by atoms with Crippen LogP contribution in [0.4, 0.5) is 0 Å². The number of likely N-dealkylation sites (tertiary alicyclic amines) is 1. The second kappa shape index (κ2) is 9.58. The molecule has 1 aliphatic heterocycles. The van der Waals surface area contributed by atoms with E-state index in [0.717, 1.165) is 30.2 Å². The van der Waals surface area contributed by atoms with Gasteiger partial charge in [0.05, 0.1) is 17.2 Å². The van der Waals surface area contributed by atoms with Gasteiger partial charge in [-0.1, -0.05) is 13.8 Å². The number of guanidine groups is 1. The Bertz CT molecular complexity index is 448. The minimum atomic E-state index is 0. The zero-order valence-corrected chi connectivity index (χ0v) is 16.0. The number of thiazole rings is 1. The number of rotatable bonds is 6. The van der Waals surface area contributed by atoms with Crippen molar-refractivity contribution in [1.29, 1.82) is 0 Å². The van der Waals surface area contributed by atoms with Crippen LogP contribution < -0.4 is 11.1 Å². The molecular weight excluding hydrogens is 397 g/mol. The molecule has 3 N–H and O–H groups in total. The van der Waals surface area contributed by atoms with Crippen LogP contribution in [0.3, 0.4) is 0 Å². The SMILES string of the molecule is CCc1nc(CN=C(N)NCC2CCCN2CC)cs1.I. The standard InChI is InChI=1S/C14H25N5S.HI/c1-3-13-18-11(10-20-13)8-16-14(15)17-9-12-6-5-7-19(12)4-2;/h10,12H,3-9H2,1-2H3,(H3,15,16,17);1H. The van der Waals surface area contributed by atoms with Gasteiger partial charge in [-0.25, -0.2) is 9.98 Å². The van der Waals surface area contributed by atoms with Crippen LogP contribution in [0.1, 0.15) is 37.4 Å². The first-order chi connectivity index (χ1) is 9.72. The summed E-state index contributed by atoms with van der Waals surface area (Å²) in [5, 5.41) is 6.46. The summed E-state index contributed by atoms with van der Waals surface area (Å²) >= 11 is 1.69. The molecule has 0 aliphatic carbocycles. The maximum atomic E-state index is 5.92. The summed E-state index contributed by atoms with van der Waals surface area (Å²) in [7, 11) is 0. The number of likely N-dealkylation sites (N-methyl/N-ethyl adjacent to an activating group) is 1. The fourth-order valence-electron chi connectivity index (χ4n) is 2.57. The average molecular weight is 423 g/mol. The van der Waals surface area contributed by atoms with Crippen molar-refractivity contribution < 1.29 is 0 Å². The maximum Gasteiger partial charge on any atom is 0.189 e. The van der Waals surface area contributed by atoms with Gasteiger partial charge in [0.25, 0.3) is 0 Å². The highest BCUT2D eigenvalue weighted by Crippen LogP contribution is 2.15. The summed E-state index contributed by atoms with van der Waals surface area (Å²) < 4.78 is 0.